The van der Waals surface area contributed by atoms with Crippen molar-refractivity contribution in [1.82, 2.24) is 0 Å². The fraction of sp³-hybridized carbons (Fsp3) is 0.667. The van der Waals surface area contributed by atoms with Gasteiger partial charge in [-0.2, -0.15) is 0 Å². The number of hydrogen-bond acceptors (Lipinski definition) is 1. The minimum atomic E-state index is -0.196. The largest absolute Gasteiger partial charge is 0.281 e. The third-order valence-corrected chi connectivity index (χ3v) is 2.79. The van der Waals surface area contributed by atoms with E-state index in [9.17, 15) is 4.79 Å². The van der Waals surface area contributed by atoms with E-state index in [0.29, 0.717) is 5.92 Å². The molecule has 1 rings (SSSR count). The van der Waals surface area contributed by atoms with E-state index in [4.69, 9.17) is 11.6 Å². The molecule has 1 aliphatic rings. The monoisotopic (exact) mass is 172 g/mol. The van der Waals surface area contributed by atoms with Gasteiger partial charge in [0, 0.05) is 5.92 Å². The molecule has 0 heterocycles. The lowest BCUT2D eigenvalue weighted by Crippen LogP contribution is -1.96. The summed E-state index contributed by atoms with van der Waals surface area (Å²) >= 11 is 5.42. The van der Waals surface area contributed by atoms with Crippen LogP contribution >= 0.6 is 11.6 Å². The van der Waals surface area contributed by atoms with Gasteiger partial charge in [-0.3, -0.25) is 4.79 Å². The fourth-order valence-electron chi connectivity index (χ4n) is 1.68. The first-order valence-electron chi connectivity index (χ1n) is 3.84. The van der Waals surface area contributed by atoms with Crippen molar-refractivity contribution in [3.63, 3.8) is 0 Å². The summed E-state index contributed by atoms with van der Waals surface area (Å²) in [7, 11) is 0. The van der Waals surface area contributed by atoms with Crippen LogP contribution in [0.1, 0.15) is 20.8 Å². The van der Waals surface area contributed by atoms with Crippen LogP contribution in [0.5, 0.6) is 0 Å². The maximum atomic E-state index is 10.8. The van der Waals surface area contributed by atoms with Crippen LogP contribution in [-0.2, 0) is 4.79 Å². The van der Waals surface area contributed by atoms with Crippen molar-refractivity contribution in [1.29, 1.82) is 0 Å². The fourth-order valence-corrected chi connectivity index (χ4v) is 2.09. The minimum absolute atomic E-state index is 0.0420. The Kier molecular flexibility index (Phi) is 2.10. The summed E-state index contributed by atoms with van der Waals surface area (Å²) in [6, 6.07) is 0. The Balaban J connectivity index is 2.68. The zero-order valence-electron chi connectivity index (χ0n) is 7.10. The maximum absolute atomic E-state index is 10.8. The molecule has 0 amide bonds. The smallest absolute Gasteiger partial charge is 0.225 e. The Hall–Kier alpha value is -0.300. The van der Waals surface area contributed by atoms with Gasteiger partial charge in [0.15, 0.2) is 0 Å². The van der Waals surface area contributed by atoms with Crippen molar-refractivity contribution in [2.75, 3.05) is 0 Å². The average Bonchev–Trinajstić information content (AvgIpc) is 2.35. The first kappa shape index (κ1) is 8.79. The van der Waals surface area contributed by atoms with Gasteiger partial charge in [0.05, 0.1) is 0 Å². The molecule has 1 aliphatic carbocycles. The summed E-state index contributed by atoms with van der Waals surface area (Å²) in [6.45, 7) is 6.11. The predicted octanol–water partition coefficient (Wildman–Crippen LogP) is 2.60. The van der Waals surface area contributed by atoms with E-state index in [0.717, 1.165) is 0 Å². The van der Waals surface area contributed by atoms with E-state index < -0.39 is 0 Å². The van der Waals surface area contributed by atoms with Crippen molar-refractivity contribution in [3.05, 3.63) is 12.2 Å². The lowest BCUT2D eigenvalue weighted by Gasteiger charge is -1.95. The van der Waals surface area contributed by atoms with Gasteiger partial charge in [0.25, 0.3) is 0 Å². The highest BCUT2D eigenvalue weighted by Crippen LogP contribution is 2.59. The van der Waals surface area contributed by atoms with Gasteiger partial charge in [-0.05, 0) is 29.9 Å². The summed E-state index contributed by atoms with van der Waals surface area (Å²) in [4.78, 5) is 10.8. The van der Waals surface area contributed by atoms with Crippen molar-refractivity contribution < 1.29 is 4.79 Å². The van der Waals surface area contributed by atoms with Gasteiger partial charge < -0.3 is 0 Å². The summed E-state index contributed by atoms with van der Waals surface area (Å²) in [5, 5.41) is -0.196. The summed E-state index contributed by atoms with van der Waals surface area (Å²) in [5.41, 5.74) is 0.0886. The van der Waals surface area contributed by atoms with Gasteiger partial charge in [-0.25, -0.2) is 0 Å². The van der Waals surface area contributed by atoms with Crippen molar-refractivity contribution in [2.24, 2.45) is 17.3 Å². The van der Waals surface area contributed by atoms with E-state index in [1.54, 1.807) is 0 Å². The van der Waals surface area contributed by atoms with E-state index in [-0.39, 0.29) is 16.6 Å². The van der Waals surface area contributed by atoms with E-state index in [1.165, 1.54) is 0 Å². The highest BCUT2D eigenvalue weighted by molar-refractivity contribution is 6.64. The Morgan fingerprint density at radius 2 is 2.09 bits per heavy atom. The standard InChI is InChI=1S/C9H13ClO/c1-4-5-6-7(8(10)11)9(6,2)3/h4-7H,1-3H3/t6-,7+/m1/s1. The van der Waals surface area contributed by atoms with Crippen molar-refractivity contribution in [2.45, 2.75) is 20.8 Å². The molecule has 62 valence electrons. The Labute approximate surface area is 72.4 Å². The molecule has 0 aromatic heterocycles. The molecule has 1 saturated carbocycles. The van der Waals surface area contributed by atoms with Crippen molar-refractivity contribution >= 4 is 16.8 Å². The number of carbonyl (C=O) groups excluding carboxylic acids is 1. The van der Waals surface area contributed by atoms with E-state index in [1.807, 2.05) is 13.0 Å². The summed E-state index contributed by atoms with van der Waals surface area (Å²) in [6.07, 6.45) is 4.04. The highest BCUT2D eigenvalue weighted by atomic mass is 35.5. The van der Waals surface area contributed by atoms with Crippen LogP contribution in [0, 0.1) is 17.3 Å². The molecule has 0 aromatic rings. The highest BCUT2D eigenvalue weighted by Gasteiger charge is 2.59. The number of hydrogen-bond donors (Lipinski definition) is 0. The third-order valence-electron chi connectivity index (χ3n) is 2.55. The molecule has 0 aromatic carbocycles. The van der Waals surface area contributed by atoms with Crippen LogP contribution in [-0.4, -0.2) is 5.24 Å². The molecule has 11 heavy (non-hydrogen) atoms. The lowest BCUT2D eigenvalue weighted by molar-refractivity contribution is -0.113. The summed E-state index contributed by atoms with van der Waals surface area (Å²) < 4.78 is 0. The second kappa shape index (κ2) is 2.63. The Morgan fingerprint density at radius 3 is 2.36 bits per heavy atom. The quantitative estimate of drug-likeness (QED) is 0.462. The van der Waals surface area contributed by atoms with Gasteiger partial charge >= 0.3 is 0 Å². The zero-order chi connectivity index (χ0) is 8.65. The van der Waals surface area contributed by atoms with Gasteiger partial charge in [0.1, 0.15) is 0 Å². The lowest BCUT2D eigenvalue weighted by atomic mass is 10.1. The molecule has 0 aliphatic heterocycles. The van der Waals surface area contributed by atoms with Crippen molar-refractivity contribution in [3.8, 4) is 0 Å². The molecular weight excluding hydrogens is 160 g/mol. The molecule has 0 spiro atoms. The number of carbonyl (C=O) groups is 1. The normalized spacial score (nSPS) is 34.2. The molecule has 0 N–H and O–H groups in total. The van der Waals surface area contributed by atoms with Gasteiger partial charge in [-0.1, -0.05) is 26.0 Å². The predicted molar refractivity (Wildman–Crippen MR) is 46.4 cm³/mol. The molecule has 0 radical (unpaired) electrons. The molecule has 1 nitrogen and oxygen atoms in total. The molecule has 0 bridgehead atoms. The molecule has 1 fully saturated rings. The van der Waals surface area contributed by atoms with Crippen LogP contribution in [0.4, 0.5) is 0 Å². The topological polar surface area (TPSA) is 17.1 Å². The van der Waals surface area contributed by atoms with Crippen LogP contribution in [0.2, 0.25) is 0 Å². The molecule has 0 saturated heterocycles. The minimum Gasteiger partial charge on any atom is -0.281 e. The number of allylic oxidation sites excluding steroid dienone is 2. The molecule has 2 atom stereocenters. The first-order valence-corrected chi connectivity index (χ1v) is 4.21. The zero-order valence-corrected chi connectivity index (χ0v) is 7.85. The SMILES string of the molecule is CC=C[C@@H]1[C@@H](C(=O)Cl)C1(C)C. The molecule has 2 heteroatoms. The van der Waals surface area contributed by atoms with E-state index >= 15 is 0 Å². The van der Waals surface area contributed by atoms with Crippen LogP contribution in [0.15, 0.2) is 12.2 Å². The second-order valence-electron chi connectivity index (χ2n) is 3.65. The van der Waals surface area contributed by atoms with Crippen LogP contribution < -0.4 is 0 Å². The Bertz CT molecular complexity index is 206. The summed E-state index contributed by atoms with van der Waals surface area (Å²) in [5.74, 6) is 0.401. The average molecular weight is 173 g/mol. The van der Waals surface area contributed by atoms with Crippen LogP contribution in [0.3, 0.4) is 0 Å². The maximum Gasteiger partial charge on any atom is 0.225 e. The second-order valence-corrected chi connectivity index (χ2v) is 4.03. The third kappa shape index (κ3) is 1.34. The Morgan fingerprint density at radius 1 is 1.55 bits per heavy atom. The molecular formula is C9H13ClO. The first-order chi connectivity index (χ1) is 5.01. The van der Waals surface area contributed by atoms with E-state index in [2.05, 4.69) is 19.9 Å². The number of rotatable bonds is 2. The molecule has 0 unspecified atom stereocenters. The number of halogens is 1. The van der Waals surface area contributed by atoms with Crippen LogP contribution in [0.25, 0.3) is 0 Å². The van der Waals surface area contributed by atoms with Gasteiger partial charge in [0.2, 0.25) is 5.24 Å². The van der Waals surface area contributed by atoms with Gasteiger partial charge in [-0.15, -0.1) is 0 Å².